The predicted molar refractivity (Wildman–Crippen MR) is 53.7 cm³/mol. The number of nitrogens with zero attached hydrogens (tertiary/aromatic N) is 2. The average molecular weight is 206 g/mol. The van der Waals surface area contributed by atoms with Crippen LogP contribution in [-0.4, -0.2) is 20.1 Å². The molecule has 0 aliphatic rings. The highest BCUT2D eigenvalue weighted by molar-refractivity contribution is 5.69. The van der Waals surface area contributed by atoms with Crippen molar-refractivity contribution < 1.29 is 15.8 Å². The van der Waals surface area contributed by atoms with Crippen molar-refractivity contribution in [2.45, 2.75) is 0 Å². The van der Waals surface area contributed by atoms with E-state index in [-0.39, 0.29) is 5.75 Å². The van der Waals surface area contributed by atoms with Crippen LogP contribution in [0.4, 0.5) is 5.69 Å². The number of hydrogen-bond donors (Lipinski definition) is 3. The van der Waals surface area contributed by atoms with Crippen molar-refractivity contribution in [2.75, 3.05) is 0 Å². The third kappa shape index (κ3) is 1.70. The second kappa shape index (κ2) is 3.72. The van der Waals surface area contributed by atoms with Gasteiger partial charge in [-0.2, -0.15) is 10.6 Å². The fraction of sp³-hybridized carbons (Fsp3) is 0.100. The lowest BCUT2D eigenvalue weighted by Crippen LogP contribution is -2.73. The minimum absolute atomic E-state index is 0.171. The van der Waals surface area contributed by atoms with Gasteiger partial charge in [-0.15, -0.1) is 0 Å². The predicted octanol–water partition coefficient (Wildman–Crippen LogP) is 0.377. The molecule has 1 aromatic carbocycles. The zero-order chi connectivity index (χ0) is 10.8. The van der Waals surface area contributed by atoms with E-state index in [0.29, 0.717) is 11.3 Å². The molecular formula is C10H12N3O2+. The summed E-state index contributed by atoms with van der Waals surface area (Å²) in [6, 6.07) is 6.68. The first-order valence-corrected chi connectivity index (χ1v) is 4.51. The van der Waals surface area contributed by atoms with Crippen molar-refractivity contribution in [1.82, 2.24) is 9.78 Å². The Morgan fingerprint density at radius 2 is 2.13 bits per heavy atom. The minimum atomic E-state index is 0.171. The van der Waals surface area contributed by atoms with Gasteiger partial charge in [0.25, 0.3) is 0 Å². The van der Waals surface area contributed by atoms with Crippen molar-refractivity contribution in [2.24, 2.45) is 7.05 Å². The van der Waals surface area contributed by atoms with E-state index in [1.807, 2.05) is 0 Å². The topological polar surface area (TPSA) is 74.9 Å². The first-order chi connectivity index (χ1) is 7.22. The summed E-state index contributed by atoms with van der Waals surface area (Å²) in [6.07, 6.45) is 1.66. The number of hydrogen-bond acceptors (Lipinski definition) is 3. The molecule has 4 N–H and O–H groups in total. The molecule has 0 amide bonds. The zero-order valence-electron chi connectivity index (χ0n) is 8.25. The van der Waals surface area contributed by atoms with E-state index in [4.69, 9.17) is 5.21 Å². The second-order valence-corrected chi connectivity index (χ2v) is 3.25. The Bertz CT molecular complexity index is 479. The summed E-state index contributed by atoms with van der Waals surface area (Å²) in [4.78, 5) is 0. The quantitative estimate of drug-likeness (QED) is 0.377. The van der Waals surface area contributed by atoms with Crippen LogP contribution in [0, 0.1) is 0 Å². The van der Waals surface area contributed by atoms with Crippen molar-refractivity contribution in [3.05, 3.63) is 30.5 Å². The van der Waals surface area contributed by atoms with Crippen molar-refractivity contribution in [1.29, 1.82) is 0 Å². The molecule has 0 atom stereocenters. The Hall–Kier alpha value is -1.85. The number of aromatic hydroxyl groups is 1. The third-order valence-corrected chi connectivity index (χ3v) is 2.27. The van der Waals surface area contributed by atoms with Gasteiger partial charge >= 0.3 is 0 Å². The lowest BCUT2D eigenvalue weighted by Gasteiger charge is -2.05. The van der Waals surface area contributed by atoms with Crippen LogP contribution in [0.25, 0.3) is 11.3 Å². The van der Waals surface area contributed by atoms with E-state index in [2.05, 4.69) is 5.10 Å². The smallest absolute Gasteiger partial charge is 0.162 e. The molecule has 5 nitrogen and oxygen atoms in total. The maximum atomic E-state index is 9.69. The van der Waals surface area contributed by atoms with Crippen LogP contribution in [0.15, 0.2) is 30.5 Å². The molecule has 0 spiro atoms. The number of benzene rings is 1. The van der Waals surface area contributed by atoms with Crippen molar-refractivity contribution >= 4 is 5.69 Å². The Morgan fingerprint density at radius 3 is 2.73 bits per heavy atom. The molecule has 0 unspecified atom stereocenters. The van der Waals surface area contributed by atoms with Gasteiger partial charge in [0, 0.05) is 30.9 Å². The van der Waals surface area contributed by atoms with Crippen molar-refractivity contribution in [3.8, 4) is 17.0 Å². The van der Waals surface area contributed by atoms with Gasteiger partial charge in [0.05, 0.1) is 5.69 Å². The third-order valence-electron chi connectivity index (χ3n) is 2.27. The number of quaternary nitrogens is 1. The van der Waals surface area contributed by atoms with Crippen LogP contribution in [-0.2, 0) is 7.05 Å². The molecule has 15 heavy (non-hydrogen) atoms. The summed E-state index contributed by atoms with van der Waals surface area (Å²) in [5.74, 6) is 0.171. The first-order valence-electron chi connectivity index (χ1n) is 4.51. The Kier molecular flexibility index (Phi) is 2.40. The van der Waals surface area contributed by atoms with Gasteiger partial charge in [-0.1, -0.05) is 0 Å². The van der Waals surface area contributed by atoms with Crippen LogP contribution in [0.3, 0.4) is 0 Å². The van der Waals surface area contributed by atoms with Crippen LogP contribution in [0.2, 0.25) is 0 Å². The normalized spacial score (nSPS) is 10.5. The molecule has 0 aliphatic carbocycles. The minimum Gasteiger partial charge on any atom is -0.507 e. The lowest BCUT2D eigenvalue weighted by molar-refractivity contribution is -0.825. The molecule has 1 heterocycles. The fourth-order valence-corrected chi connectivity index (χ4v) is 1.48. The molecule has 1 aromatic heterocycles. The molecular weight excluding hydrogens is 194 g/mol. The summed E-state index contributed by atoms with van der Waals surface area (Å²) >= 11 is 0. The average Bonchev–Trinajstić information content (AvgIpc) is 2.65. The van der Waals surface area contributed by atoms with Gasteiger partial charge in [-0.3, -0.25) is 4.68 Å². The van der Waals surface area contributed by atoms with Crippen molar-refractivity contribution in [3.63, 3.8) is 0 Å². The van der Waals surface area contributed by atoms with Gasteiger partial charge in [0.1, 0.15) is 5.75 Å². The van der Waals surface area contributed by atoms with E-state index >= 15 is 0 Å². The van der Waals surface area contributed by atoms with Gasteiger partial charge in [0.2, 0.25) is 0 Å². The monoisotopic (exact) mass is 206 g/mol. The summed E-state index contributed by atoms with van der Waals surface area (Å²) in [6.45, 7) is 0. The molecule has 78 valence electrons. The highest BCUT2D eigenvalue weighted by Crippen LogP contribution is 2.29. The number of phenolic OH excluding ortho intramolecular Hbond substituents is 1. The van der Waals surface area contributed by atoms with Gasteiger partial charge in [-0.25, -0.2) is 5.21 Å². The molecule has 0 aliphatic heterocycles. The molecule has 2 rings (SSSR count). The summed E-state index contributed by atoms with van der Waals surface area (Å²) in [7, 11) is 1.80. The standard InChI is InChI=1S/C10H11N3O2/c1-13-9(4-5-11-13)8-6-7(12-15)2-3-10(8)14/h2-6,12,14-15H,1H3/p+1. The Labute approximate surface area is 86.6 Å². The molecule has 5 heteroatoms. The fourth-order valence-electron chi connectivity index (χ4n) is 1.48. The van der Waals surface area contributed by atoms with E-state index in [0.717, 1.165) is 11.2 Å². The SMILES string of the molecule is Cn1nccc1-c1cc([NH2+]O)ccc1O. The van der Waals surface area contributed by atoms with Crippen LogP contribution < -0.4 is 5.48 Å². The number of aromatic nitrogens is 2. The first kappa shape index (κ1) is 9.70. The van der Waals surface area contributed by atoms with Gasteiger partial charge in [-0.05, 0) is 12.1 Å². The maximum Gasteiger partial charge on any atom is 0.162 e. The Balaban J connectivity index is 2.56. The number of rotatable bonds is 2. The highest BCUT2D eigenvalue weighted by Gasteiger charge is 2.10. The number of phenols is 1. The van der Waals surface area contributed by atoms with Gasteiger partial charge < -0.3 is 5.11 Å². The van der Waals surface area contributed by atoms with Gasteiger partial charge in [0.15, 0.2) is 5.69 Å². The van der Waals surface area contributed by atoms with Crippen LogP contribution in [0.1, 0.15) is 0 Å². The number of aryl methyl sites for hydroxylation is 1. The molecule has 0 bridgehead atoms. The van der Waals surface area contributed by atoms with Crippen LogP contribution in [0.5, 0.6) is 5.75 Å². The summed E-state index contributed by atoms with van der Waals surface area (Å²) in [5.41, 5.74) is 3.09. The molecule has 0 saturated heterocycles. The summed E-state index contributed by atoms with van der Waals surface area (Å²) in [5, 5.41) is 22.6. The molecule has 0 fully saturated rings. The van der Waals surface area contributed by atoms with E-state index in [1.54, 1.807) is 42.2 Å². The maximum absolute atomic E-state index is 9.69. The van der Waals surface area contributed by atoms with E-state index in [9.17, 15) is 5.11 Å². The number of nitrogens with two attached hydrogens (primary N) is 1. The zero-order valence-corrected chi connectivity index (χ0v) is 8.25. The lowest BCUT2D eigenvalue weighted by atomic mass is 10.1. The second-order valence-electron chi connectivity index (χ2n) is 3.25. The Morgan fingerprint density at radius 1 is 1.33 bits per heavy atom. The van der Waals surface area contributed by atoms with E-state index < -0.39 is 0 Å². The largest absolute Gasteiger partial charge is 0.507 e. The molecule has 0 saturated carbocycles. The molecule has 0 radical (unpaired) electrons. The van der Waals surface area contributed by atoms with Crippen LogP contribution >= 0.6 is 0 Å². The van der Waals surface area contributed by atoms with E-state index in [1.165, 1.54) is 0 Å². The summed E-state index contributed by atoms with van der Waals surface area (Å²) < 4.78 is 1.66. The molecule has 2 aromatic rings. The highest BCUT2D eigenvalue weighted by atomic mass is 16.5.